The van der Waals surface area contributed by atoms with E-state index >= 15 is 0 Å². The van der Waals surface area contributed by atoms with E-state index in [0.717, 1.165) is 24.6 Å². The van der Waals surface area contributed by atoms with Gasteiger partial charge in [-0.3, -0.25) is 4.90 Å². The summed E-state index contributed by atoms with van der Waals surface area (Å²) < 4.78 is 18.8. The van der Waals surface area contributed by atoms with Crippen LogP contribution in [0.5, 0.6) is 5.75 Å². The Balaban J connectivity index is 2.16. The van der Waals surface area contributed by atoms with Crippen LogP contribution in [0, 0.1) is 11.7 Å². The Kier molecular flexibility index (Phi) is 5.38. The van der Waals surface area contributed by atoms with Crippen LogP contribution in [0.4, 0.5) is 4.39 Å². The largest absolute Gasteiger partial charge is 0.494 e. The van der Waals surface area contributed by atoms with Crippen molar-refractivity contribution in [2.24, 2.45) is 11.7 Å². The summed E-state index contributed by atoms with van der Waals surface area (Å²) >= 11 is 0. The fourth-order valence-electron chi connectivity index (χ4n) is 3.10. The summed E-state index contributed by atoms with van der Waals surface area (Å²) in [4.78, 5) is 2.40. The van der Waals surface area contributed by atoms with Crippen molar-refractivity contribution < 1.29 is 9.13 Å². The monoisotopic (exact) mass is 280 g/mol. The van der Waals surface area contributed by atoms with E-state index in [1.165, 1.54) is 26.4 Å². The number of likely N-dealkylation sites (tertiary alicyclic amines) is 1. The van der Waals surface area contributed by atoms with Gasteiger partial charge in [0.05, 0.1) is 7.11 Å². The lowest BCUT2D eigenvalue weighted by Crippen LogP contribution is -2.41. The quantitative estimate of drug-likeness (QED) is 0.901. The van der Waals surface area contributed by atoms with Gasteiger partial charge in [-0.05, 0) is 43.0 Å². The molecule has 0 amide bonds. The van der Waals surface area contributed by atoms with Gasteiger partial charge in [0.15, 0.2) is 11.6 Å². The Morgan fingerprint density at radius 1 is 1.50 bits per heavy atom. The van der Waals surface area contributed by atoms with Crippen LogP contribution < -0.4 is 10.5 Å². The zero-order valence-corrected chi connectivity index (χ0v) is 12.4. The van der Waals surface area contributed by atoms with E-state index in [2.05, 4.69) is 11.8 Å². The predicted molar refractivity (Wildman–Crippen MR) is 79.3 cm³/mol. The smallest absolute Gasteiger partial charge is 0.165 e. The van der Waals surface area contributed by atoms with Crippen LogP contribution in [-0.4, -0.2) is 31.6 Å². The molecule has 0 spiro atoms. The summed E-state index contributed by atoms with van der Waals surface area (Å²) in [5.41, 5.74) is 6.89. The Hall–Kier alpha value is -1.13. The van der Waals surface area contributed by atoms with Crippen LogP contribution in [-0.2, 0) is 0 Å². The van der Waals surface area contributed by atoms with Gasteiger partial charge in [0, 0.05) is 19.1 Å². The second-order valence-electron chi connectivity index (χ2n) is 5.56. The summed E-state index contributed by atoms with van der Waals surface area (Å²) in [5, 5.41) is 0. The molecule has 2 rings (SSSR count). The van der Waals surface area contributed by atoms with Crippen molar-refractivity contribution in [3.05, 3.63) is 29.6 Å². The van der Waals surface area contributed by atoms with Crippen molar-refractivity contribution in [2.45, 2.75) is 32.2 Å². The average Bonchev–Trinajstić information content (AvgIpc) is 2.48. The first-order valence-corrected chi connectivity index (χ1v) is 7.47. The highest BCUT2D eigenvalue weighted by Gasteiger charge is 2.25. The minimum absolute atomic E-state index is 0.102. The average molecular weight is 280 g/mol. The lowest BCUT2D eigenvalue weighted by atomic mass is 9.93. The molecule has 1 fully saturated rings. The Morgan fingerprint density at radius 3 is 2.90 bits per heavy atom. The minimum atomic E-state index is -0.312. The highest BCUT2D eigenvalue weighted by atomic mass is 19.1. The number of piperidine rings is 1. The van der Waals surface area contributed by atoms with Crippen LogP contribution in [0.25, 0.3) is 0 Å². The molecule has 4 heteroatoms. The molecule has 1 saturated heterocycles. The molecule has 0 radical (unpaired) electrons. The molecule has 20 heavy (non-hydrogen) atoms. The standard InChI is InChI=1S/C16H25FN2O/c1-3-12-5-4-8-19(11-12)15(10-18)13-6-7-16(20-2)14(17)9-13/h6-7,9,12,15H,3-5,8,10-11,18H2,1-2H3. The molecule has 2 atom stereocenters. The second-order valence-corrected chi connectivity index (χ2v) is 5.56. The second kappa shape index (κ2) is 7.04. The van der Waals surface area contributed by atoms with Crippen LogP contribution >= 0.6 is 0 Å². The van der Waals surface area contributed by atoms with Gasteiger partial charge in [0.1, 0.15) is 0 Å². The molecule has 0 aromatic heterocycles. The van der Waals surface area contributed by atoms with Crippen LogP contribution in [0.1, 0.15) is 37.8 Å². The van der Waals surface area contributed by atoms with Crippen LogP contribution in [0.15, 0.2) is 18.2 Å². The lowest BCUT2D eigenvalue weighted by molar-refractivity contribution is 0.124. The molecule has 2 N–H and O–H groups in total. The van der Waals surface area contributed by atoms with Crippen molar-refractivity contribution in [2.75, 3.05) is 26.7 Å². The van der Waals surface area contributed by atoms with Crippen molar-refractivity contribution in [1.29, 1.82) is 0 Å². The van der Waals surface area contributed by atoms with E-state index in [9.17, 15) is 4.39 Å². The number of nitrogens with two attached hydrogens (primary N) is 1. The van der Waals surface area contributed by atoms with E-state index < -0.39 is 0 Å². The summed E-state index contributed by atoms with van der Waals surface area (Å²) in [7, 11) is 1.48. The van der Waals surface area contributed by atoms with Crippen molar-refractivity contribution in [3.8, 4) is 5.75 Å². The van der Waals surface area contributed by atoms with Crippen molar-refractivity contribution >= 4 is 0 Å². The number of halogens is 1. The van der Waals surface area contributed by atoms with E-state index in [-0.39, 0.29) is 17.6 Å². The summed E-state index contributed by atoms with van der Waals surface area (Å²) in [6.45, 7) is 4.86. The first-order chi connectivity index (χ1) is 9.69. The van der Waals surface area contributed by atoms with Gasteiger partial charge in [0.25, 0.3) is 0 Å². The molecule has 0 aliphatic carbocycles. The van der Waals surface area contributed by atoms with E-state index in [4.69, 9.17) is 10.5 Å². The summed E-state index contributed by atoms with van der Waals surface area (Å²) in [6, 6.07) is 5.28. The molecular formula is C16H25FN2O. The Morgan fingerprint density at radius 2 is 2.30 bits per heavy atom. The maximum absolute atomic E-state index is 13.9. The molecule has 0 saturated carbocycles. The fourth-order valence-corrected chi connectivity index (χ4v) is 3.10. The number of rotatable bonds is 5. The molecule has 3 nitrogen and oxygen atoms in total. The van der Waals surface area contributed by atoms with Gasteiger partial charge in [-0.1, -0.05) is 19.4 Å². The molecule has 1 aromatic carbocycles. The maximum Gasteiger partial charge on any atom is 0.165 e. The van der Waals surface area contributed by atoms with Gasteiger partial charge < -0.3 is 10.5 Å². The van der Waals surface area contributed by atoms with E-state index in [0.29, 0.717) is 6.54 Å². The third-order valence-corrected chi connectivity index (χ3v) is 4.35. The third kappa shape index (κ3) is 3.30. The van der Waals surface area contributed by atoms with E-state index in [1.807, 2.05) is 6.07 Å². The topological polar surface area (TPSA) is 38.5 Å². The first-order valence-electron chi connectivity index (χ1n) is 7.47. The maximum atomic E-state index is 13.9. The lowest BCUT2D eigenvalue weighted by Gasteiger charge is -2.38. The number of benzene rings is 1. The predicted octanol–water partition coefficient (Wildman–Crippen LogP) is 2.96. The third-order valence-electron chi connectivity index (χ3n) is 4.35. The molecule has 1 heterocycles. The van der Waals surface area contributed by atoms with Crippen molar-refractivity contribution in [3.63, 3.8) is 0 Å². The molecule has 112 valence electrons. The molecule has 2 unspecified atom stereocenters. The molecule has 0 bridgehead atoms. The minimum Gasteiger partial charge on any atom is -0.494 e. The summed E-state index contributed by atoms with van der Waals surface area (Å²) in [6.07, 6.45) is 3.69. The molecule has 1 aliphatic heterocycles. The van der Waals surface area contributed by atoms with Crippen LogP contribution in [0.3, 0.4) is 0 Å². The van der Waals surface area contributed by atoms with Gasteiger partial charge in [-0.25, -0.2) is 4.39 Å². The number of nitrogens with zero attached hydrogens (tertiary/aromatic N) is 1. The van der Waals surface area contributed by atoms with Gasteiger partial charge in [-0.15, -0.1) is 0 Å². The summed E-state index contributed by atoms with van der Waals surface area (Å²) in [5.74, 6) is 0.711. The van der Waals surface area contributed by atoms with Gasteiger partial charge >= 0.3 is 0 Å². The SMILES string of the molecule is CCC1CCCN(C(CN)c2ccc(OC)c(F)c2)C1. The highest BCUT2D eigenvalue weighted by molar-refractivity contribution is 5.31. The molecular weight excluding hydrogens is 255 g/mol. The van der Waals surface area contributed by atoms with Gasteiger partial charge in [-0.2, -0.15) is 0 Å². The van der Waals surface area contributed by atoms with Gasteiger partial charge in [0.2, 0.25) is 0 Å². The highest BCUT2D eigenvalue weighted by Crippen LogP contribution is 2.29. The van der Waals surface area contributed by atoms with Crippen molar-refractivity contribution in [1.82, 2.24) is 4.90 Å². The zero-order valence-electron chi connectivity index (χ0n) is 12.4. The number of methoxy groups -OCH3 is 1. The Labute approximate surface area is 120 Å². The Bertz CT molecular complexity index is 438. The van der Waals surface area contributed by atoms with E-state index in [1.54, 1.807) is 12.1 Å². The number of hydrogen-bond donors (Lipinski definition) is 1. The first kappa shape index (κ1) is 15.3. The number of hydrogen-bond acceptors (Lipinski definition) is 3. The molecule has 1 aliphatic rings. The fraction of sp³-hybridized carbons (Fsp3) is 0.625. The number of ether oxygens (including phenoxy) is 1. The molecule has 1 aromatic rings. The zero-order chi connectivity index (χ0) is 14.5. The normalized spacial score (nSPS) is 21.7. The van der Waals surface area contributed by atoms with Crippen LogP contribution in [0.2, 0.25) is 0 Å².